The molecule has 0 aliphatic rings. The van der Waals surface area contributed by atoms with Crippen molar-refractivity contribution in [1.82, 2.24) is 0 Å². The molecule has 20 nitrogen and oxygen atoms in total. The van der Waals surface area contributed by atoms with Crippen LogP contribution in [0.2, 0.25) is 0 Å². The molecule has 0 fully saturated rings. The summed E-state index contributed by atoms with van der Waals surface area (Å²) >= 11 is 0. The maximum Gasteiger partial charge on any atom is 2.00 e. The molecule has 9 N–H and O–H groups in total. The first-order valence-corrected chi connectivity index (χ1v) is 11.4. The molecule has 184 valence electrons. The van der Waals surface area contributed by atoms with Crippen molar-refractivity contribution in [2.75, 3.05) is 0 Å². The Kier molecular flexibility index (Phi) is 41.4. The second-order valence-corrected chi connectivity index (χ2v) is 7.30. The third-order valence-corrected chi connectivity index (χ3v) is 0. The van der Waals surface area contributed by atoms with Crippen LogP contribution in [0.3, 0.4) is 0 Å². The van der Waals surface area contributed by atoms with Crippen LogP contribution < -0.4 is 29.4 Å². The van der Waals surface area contributed by atoms with E-state index in [0.29, 0.717) is 0 Å². The van der Waals surface area contributed by atoms with E-state index in [2.05, 4.69) is 0 Å². The molecule has 0 aliphatic carbocycles. The minimum Gasteiger partial charge on any atom is -0.822 e. The van der Waals surface area contributed by atoms with Crippen molar-refractivity contribution in [3.8, 4) is 0 Å². The van der Waals surface area contributed by atoms with E-state index in [0.717, 1.165) is 0 Å². The van der Waals surface area contributed by atoms with Gasteiger partial charge in [0.25, 0.3) is 0 Å². The summed E-state index contributed by atoms with van der Waals surface area (Å²) in [6, 6.07) is 0. The van der Waals surface area contributed by atoms with Gasteiger partial charge in [0, 0.05) is 0 Å². The molecule has 0 aromatic rings. The van der Waals surface area contributed by atoms with Gasteiger partial charge < -0.3 is 82.5 Å². The molecule has 0 amide bonds. The van der Waals surface area contributed by atoms with Crippen LogP contribution in [0.15, 0.2) is 0 Å². The predicted molar refractivity (Wildman–Crippen MR) is 58.0 cm³/mol. The molecule has 0 atom stereocenters. The third kappa shape index (κ3) is 4970. The summed E-state index contributed by atoms with van der Waals surface area (Å²) in [5.74, 6) is 0. The Morgan fingerprint density at radius 1 is 0.357 bits per heavy atom. The van der Waals surface area contributed by atoms with E-state index in [9.17, 15) is 0 Å². The van der Waals surface area contributed by atoms with Crippen molar-refractivity contribution in [2.45, 2.75) is 0 Å². The Morgan fingerprint density at radius 3 is 0.357 bits per heavy atom. The van der Waals surface area contributed by atoms with Crippen LogP contribution >= 0.6 is 39.1 Å². The van der Waals surface area contributed by atoms with Gasteiger partial charge in [0.05, 0.1) is 0 Å². The van der Waals surface area contributed by atoms with Crippen molar-refractivity contribution < 1.29 is 146 Å². The maximum atomic E-state index is 8.88. The van der Waals surface area contributed by atoms with Crippen LogP contribution in [-0.4, -0.2) is 44.0 Å². The zero-order valence-electron chi connectivity index (χ0n) is 11.7. The predicted octanol–water partition coefficient (Wildman–Crippen LogP) is -8.44. The molecule has 0 saturated heterocycles. The second kappa shape index (κ2) is 22.2. The molecule has 0 saturated carbocycles. The molecule has 0 spiro atoms. The van der Waals surface area contributed by atoms with E-state index in [1.807, 2.05) is 0 Å². The van der Waals surface area contributed by atoms with Crippen molar-refractivity contribution in [3.63, 3.8) is 0 Å². The van der Waals surface area contributed by atoms with E-state index in [1.165, 1.54) is 0 Å². The van der Waals surface area contributed by atoms with Crippen LogP contribution in [0, 0.1) is 0 Å². The zero-order valence-corrected chi connectivity index (χ0v) is 19.1. The van der Waals surface area contributed by atoms with Gasteiger partial charge in [0.15, 0.2) is 0 Å². The van der Waals surface area contributed by atoms with E-state index in [-0.39, 0.29) is 49.5 Å². The van der Waals surface area contributed by atoms with Gasteiger partial charge in [-0.05, 0) is 0 Å². The molecule has 0 radical (unpaired) electrons. The first-order valence-electron chi connectivity index (χ1n) is 3.81. The van der Waals surface area contributed by atoms with Crippen LogP contribution in [0.25, 0.3) is 0 Å². The summed E-state index contributed by atoms with van der Waals surface area (Å²) in [6.07, 6.45) is 0. The SMILES string of the molecule is O=P(O)(O)O.O=P(O)(O)O.O=P(O)(O)O.O=P([O-])([O-])[O-].O=P([O-])([O-])[O-].[Ni+2].[Ni+2].[Ni+2]. The number of phosphoric acid groups is 5. The summed E-state index contributed by atoms with van der Waals surface area (Å²) in [5.41, 5.74) is 0. The topological polar surface area (TPSA) is 406 Å². The van der Waals surface area contributed by atoms with Crippen LogP contribution in [0.5, 0.6) is 0 Å². The largest absolute Gasteiger partial charge is 2.00 e. The fourth-order valence-electron chi connectivity index (χ4n) is 0. The summed E-state index contributed by atoms with van der Waals surface area (Å²) in [7, 11) is -24.7. The van der Waals surface area contributed by atoms with Gasteiger partial charge in [-0.15, -0.1) is 0 Å². The Balaban J connectivity index is -0.0000000290. The fraction of sp³-hybridized carbons (Fsp3) is 0. The number of hydrogen-bond acceptors (Lipinski definition) is 11. The van der Waals surface area contributed by atoms with Crippen LogP contribution in [-0.2, 0) is 72.3 Å². The minimum absolute atomic E-state index is 0. The second-order valence-electron chi connectivity index (χ2n) is 2.43. The molecule has 0 aliphatic heterocycles. The van der Waals surface area contributed by atoms with E-state index in [4.69, 9.17) is 96.2 Å². The molecule has 28 heteroatoms. The molecule has 0 rings (SSSR count). The third-order valence-electron chi connectivity index (χ3n) is 0. The van der Waals surface area contributed by atoms with Crippen molar-refractivity contribution in [1.29, 1.82) is 0 Å². The molecule has 0 unspecified atom stereocenters. The number of rotatable bonds is 0. The monoisotopic (exact) mass is 658 g/mol. The smallest absolute Gasteiger partial charge is 0.822 e. The van der Waals surface area contributed by atoms with Crippen LogP contribution in [0.4, 0.5) is 0 Å². The standard InChI is InChI=1S/3Ni.5H3O4P/c;;;5*1-5(2,3)4/h;;;5*(H3,1,2,3,4)/q3*+2;;;;;/p-6. The summed E-state index contributed by atoms with van der Waals surface area (Å²) in [5, 5.41) is 0. The van der Waals surface area contributed by atoms with Gasteiger partial charge in [-0.1, -0.05) is 0 Å². The summed E-state index contributed by atoms with van der Waals surface area (Å²) in [4.78, 5) is 116. The zero-order chi connectivity index (χ0) is 22.5. The Labute approximate surface area is 184 Å². The van der Waals surface area contributed by atoms with Crippen molar-refractivity contribution in [3.05, 3.63) is 0 Å². The first-order chi connectivity index (χ1) is 10.0. The van der Waals surface area contributed by atoms with Gasteiger partial charge in [-0.3, -0.25) is 0 Å². The van der Waals surface area contributed by atoms with Crippen LogP contribution in [0.1, 0.15) is 0 Å². The minimum atomic E-state index is -5.39. The summed E-state index contributed by atoms with van der Waals surface area (Å²) < 4.78 is 43.7. The Bertz CT molecular complexity index is 379. The van der Waals surface area contributed by atoms with Crippen molar-refractivity contribution >= 4 is 39.1 Å². The molecule has 28 heavy (non-hydrogen) atoms. The fourth-order valence-corrected chi connectivity index (χ4v) is 0. The van der Waals surface area contributed by atoms with Gasteiger partial charge in [0.2, 0.25) is 0 Å². The molecular formula is H9Ni3O20P5. The average molecular weight is 660 g/mol. The Hall–Kier alpha value is 2.03. The quantitative estimate of drug-likeness (QED) is 0.0860. The van der Waals surface area contributed by atoms with E-state index in [1.54, 1.807) is 0 Å². The molecule has 0 bridgehead atoms. The van der Waals surface area contributed by atoms with Gasteiger partial charge >= 0.3 is 72.9 Å². The normalized spacial score (nSPS) is 10.5. The van der Waals surface area contributed by atoms with E-state index < -0.39 is 39.1 Å². The van der Waals surface area contributed by atoms with E-state index >= 15 is 0 Å². The molecule has 0 aromatic carbocycles. The molecule has 0 aromatic heterocycles. The first kappa shape index (κ1) is 52.1. The van der Waals surface area contributed by atoms with Gasteiger partial charge in [-0.2, -0.15) is 15.6 Å². The molecule has 0 heterocycles. The average Bonchev–Trinajstić information content (AvgIpc) is 1.79. The molecular weight excluding hydrogens is 651 g/mol. The number of hydrogen-bond donors (Lipinski definition) is 9. The van der Waals surface area contributed by atoms with Gasteiger partial charge in [-0.25, -0.2) is 13.7 Å². The Morgan fingerprint density at radius 2 is 0.357 bits per heavy atom. The van der Waals surface area contributed by atoms with Crippen molar-refractivity contribution in [2.24, 2.45) is 0 Å². The van der Waals surface area contributed by atoms with Gasteiger partial charge in [0.1, 0.15) is 0 Å². The summed E-state index contributed by atoms with van der Waals surface area (Å²) in [6.45, 7) is 0. The maximum absolute atomic E-state index is 8.88.